The minimum atomic E-state index is -0.635. The fraction of sp³-hybridized carbons (Fsp3) is 0.261. The summed E-state index contributed by atoms with van der Waals surface area (Å²) in [5.41, 5.74) is 1.67. The predicted octanol–water partition coefficient (Wildman–Crippen LogP) is 2.47. The molecule has 3 rings (SSSR count). The number of hydrogen-bond donors (Lipinski definition) is 4. The van der Waals surface area contributed by atoms with Crippen molar-refractivity contribution < 1.29 is 14.4 Å². The number of rotatable bonds is 11. The smallest absolute Gasteiger partial charge is 0.293 e. The average Bonchev–Trinajstić information content (AvgIpc) is 3.36. The number of carbonyl (C=O) groups excluding carboxylic acids is 3. The summed E-state index contributed by atoms with van der Waals surface area (Å²) in [6, 6.07) is 12.9. The van der Waals surface area contributed by atoms with Gasteiger partial charge in [0, 0.05) is 44.2 Å². The van der Waals surface area contributed by atoms with Crippen molar-refractivity contribution in [1.82, 2.24) is 20.6 Å². The maximum atomic E-state index is 12.1. The lowest BCUT2D eigenvalue weighted by atomic mass is 10.2. The van der Waals surface area contributed by atoms with Crippen molar-refractivity contribution in [2.75, 3.05) is 36.8 Å². The number of anilines is 2. The zero-order valence-electron chi connectivity index (χ0n) is 18.5. The molecule has 0 atom stereocenters. The van der Waals surface area contributed by atoms with Crippen LogP contribution in [-0.4, -0.2) is 53.7 Å². The Morgan fingerprint density at radius 3 is 2.06 bits per heavy atom. The van der Waals surface area contributed by atoms with Crippen LogP contribution in [0.4, 0.5) is 11.6 Å². The van der Waals surface area contributed by atoms with Gasteiger partial charge in [0.25, 0.3) is 11.7 Å². The van der Waals surface area contributed by atoms with E-state index in [4.69, 9.17) is 0 Å². The van der Waals surface area contributed by atoms with Crippen LogP contribution in [0.5, 0.6) is 0 Å². The summed E-state index contributed by atoms with van der Waals surface area (Å²) in [6.45, 7) is 4.96. The molecule has 0 aliphatic heterocycles. The number of Topliss-reactive ketones (excluding diaryl/α,β-unsaturated/α-hetero) is 1. The molecule has 1 aromatic carbocycles. The molecule has 0 aliphatic rings. The quantitative estimate of drug-likeness (QED) is 0.194. The van der Waals surface area contributed by atoms with Gasteiger partial charge in [-0.15, -0.1) is 11.3 Å². The second kappa shape index (κ2) is 11.7. The van der Waals surface area contributed by atoms with E-state index in [1.165, 1.54) is 18.3 Å². The van der Waals surface area contributed by atoms with Crippen LogP contribution in [-0.2, 0) is 9.59 Å². The summed E-state index contributed by atoms with van der Waals surface area (Å²) in [4.78, 5) is 44.9. The van der Waals surface area contributed by atoms with E-state index >= 15 is 0 Å². The predicted molar refractivity (Wildman–Crippen MR) is 130 cm³/mol. The molecular weight excluding hydrogens is 440 g/mol. The Morgan fingerprint density at radius 2 is 1.48 bits per heavy atom. The summed E-state index contributed by atoms with van der Waals surface area (Å²) in [7, 11) is 0. The minimum Gasteiger partial charge on any atom is -0.368 e. The van der Waals surface area contributed by atoms with Crippen molar-refractivity contribution in [1.29, 1.82) is 0 Å². The lowest BCUT2D eigenvalue weighted by molar-refractivity contribution is -0.119. The molecule has 2 heterocycles. The van der Waals surface area contributed by atoms with Gasteiger partial charge >= 0.3 is 0 Å². The second-order valence-corrected chi connectivity index (χ2v) is 8.08. The average molecular weight is 467 g/mol. The van der Waals surface area contributed by atoms with Gasteiger partial charge in [-0.05, 0) is 18.4 Å². The molecule has 3 aromatic rings. The maximum Gasteiger partial charge on any atom is 0.293 e. The normalized spacial score (nSPS) is 10.4. The highest BCUT2D eigenvalue weighted by Crippen LogP contribution is 2.24. The Labute approximate surface area is 196 Å². The first kappa shape index (κ1) is 23.9. The first-order valence-corrected chi connectivity index (χ1v) is 11.4. The molecule has 0 aliphatic carbocycles. The fourth-order valence-corrected chi connectivity index (χ4v) is 3.61. The molecule has 0 unspecified atom stereocenters. The Balaban J connectivity index is 1.66. The number of hydrogen-bond acceptors (Lipinski definition) is 8. The highest BCUT2D eigenvalue weighted by molar-refractivity contribution is 7.13. The third kappa shape index (κ3) is 6.84. The number of aromatic nitrogens is 2. The third-order valence-electron chi connectivity index (χ3n) is 4.62. The van der Waals surface area contributed by atoms with Crippen LogP contribution in [0.1, 0.15) is 22.2 Å². The third-order valence-corrected chi connectivity index (χ3v) is 5.49. The Hall–Kier alpha value is -3.79. The van der Waals surface area contributed by atoms with Gasteiger partial charge in [0.05, 0.1) is 4.88 Å². The van der Waals surface area contributed by atoms with Crippen molar-refractivity contribution in [3.05, 3.63) is 58.3 Å². The summed E-state index contributed by atoms with van der Waals surface area (Å²) in [5, 5.41) is 13.6. The van der Waals surface area contributed by atoms with Gasteiger partial charge in [-0.25, -0.2) is 9.97 Å². The largest absolute Gasteiger partial charge is 0.368 e. The highest BCUT2D eigenvalue weighted by atomic mass is 32.1. The Kier molecular flexibility index (Phi) is 8.48. The number of carbonyl (C=O) groups is 3. The summed E-state index contributed by atoms with van der Waals surface area (Å²) < 4.78 is 0. The lowest BCUT2D eigenvalue weighted by Crippen LogP contribution is -2.34. The monoisotopic (exact) mass is 466 g/mol. The summed E-state index contributed by atoms with van der Waals surface area (Å²) >= 11 is 1.23. The van der Waals surface area contributed by atoms with Gasteiger partial charge < -0.3 is 21.3 Å². The van der Waals surface area contributed by atoms with Gasteiger partial charge in [0.15, 0.2) is 5.82 Å². The van der Waals surface area contributed by atoms with Crippen molar-refractivity contribution in [3.8, 4) is 11.4 Å². The van der Waals surface area contributed by atoms with E-state index < -0.39 is 11.7 Å². The van der Waals surface area contributed by atoms with Gasteiger partial charge in [0.2, 0.25) is 5.91 Å². The molecule has 0 saturated carbocycles. The van der Waals surface area contributed by atoms with Crippen LogP contribution in [0, 0.1) is 6.92 Å². The molecule has 0 saturated heterocycles. The molecule has 0 fully saturated rings. The van der Waals surface area contributed by atoms with Gasteiger partial charge in [-0.1, -0.05) is 36.4 Å². The van der Waals surface area contributed by atoms with E-state index in [1.54, 1.807) is 17.5 Å². The lowest BCUT2D eigenvalue weighted by Gasteiger charge is -2.16. The molecule has 0 radical (unpaired) electrons. The molecule has 0 spiro atoms. The summed E-state index contributed by atoms with van der Waals surface area (Å²) in [6.07, 6.45) is 0. The number of nitrogens with zero attached hydrogens (tertiary/aromatic N) is 2. The molecule has 0 bridgehead atoms. The van der Waals surface area contributed by atoms with Crippen LogP contribution < -0.4 is 21.3 Å². The molecule has 10 heteroatoms. The number of ketones is 1. The molecule has 33 heavy (non-hydrogen) atoms. The van der Waals surface area contributed by atoms with Crippen molar-refractivity contribution >= 4 is 40.6 Å². The molecule has 172 valence electrons. The topological polar surface area (TPSA) is 125 Å². The van der Waals surface area contributed by atoms with Crippen molar-refractivity contribution in [2.24, 2.45) is 0 Å². The van der Waals surface area contributed by atoms with Crippen molar-refractivity contribution in [3.63, 3.8) is 0 Å². The van der Waals surface area contributed by atoms with E-state index in [0.717, 1.165) is 11.1 Å². The van der Waals surface area contributed by atoms with E-state index in [-0.39, 0.29) is 12.5 Å². The minimum absolute atomic E-state index is 0.0943. The number of amides is 2. The number of thiophene rings is 1. The Morgan fingerprint density at radius 1 is 0.848 bits per heavy atom. The highest BCUT2D eigenvalue weighted by Gasteiger charge is 2.17. The molecule has 9 nitrogen and oxygen atoms in total. The van der Waals surface area contributed by atoms with E-state index in [2.05, 4.69) is 31.2 Å². The Bertz CT molecular complexity index is 1100. The molecule has 2 aromatic heterocycles. The zero-order valence-corrected chi connectivity index (χ0v) is 19.3. The van der Waals surface area contributed by atoms with Gasteiger partial charge in [0.1, 0.15) is 11.6 Å². The SMILES string of the molecule is CC(=O)NCCNc1nc(-c2ccccc2)nc(NCCNC(=O)C(=O)c2cccs2)c1C. The molecular formula is C23H26N6O3S. The molecule has 4 N–H and O–H groups in total. The number of nitrogens with one attached hydrogen (secondary N) is 4. The first-order valence-electron chi connectivity index (χ1n) is 10.5. The van der Waals surface area contributed by atoms with Crippen LogP contribution in [0.25, 0.3) is 11.4 Å². The molecule has 2 amide bonds. The number of benzene rings is 1. The van der Waals surface area contributed by atoms with Crippen LogP contribution in [0.3, 0.4) is 0 Å². The van der Waals surface area contributed by atoms with Crippen LogP contribution >= 0.6 is 11.3 Å². The van der Waals surface area contributed by atoms with Crippen LogP contribution in [0.15, 0.2) is 47.8 Å². The maximum absolute atomic E-state index is 12.1. The fourth-order valence-electron chi connectivity index (χ4n) is 2.95. The van der Waals surface area contributed by atoms with Gasteiger partial charge in [-0.3, -0.25) is 14.4 Å². The first-order chi connectivity index (χ1) is 16.0. The van der Waals surface area contributed by atoms with Gasteiger partial charge in [-0.2, -0.15) is 0 Å². The van der Waals surface area contributed by atoms with E-state index in [0.29, 0.717) is 42.0 Å². The van der Waals surface area contributed by atoms with E-state index in [9.17, 15) is 14.4 Å². The standard InChI is InChI=1S/C23H26N6O3S/c1-15-20(25-11-10-24-16(2)30)28-22(17-7-4-3-5-8-17)29-21(15)26-12-13-27-23(32)19(31)18-9-6-14-33-18/h3-9,14H,10-13H2,1-2H3,(H,24,30)(H,27,32)(H2,25,26,28,29). The van der Waals surface area contributed by atoms with Crippen molar-refractivity contribution in [2.45, 2.75) is 13.8 Å². The summed E-state index contributed by atoms with van der Waals surface area (Å²) in [5.74, 6) is 0.535. The zero-order chi connectivity index (χ0) is 23.6. The van der Waals surface area contributed by atoms with E-state index in [1.807, 2.05) is 37.3 Å². The second-order valence-electron chi connectivity index (χ2n) is 7.13. The van der Waals surface area contributed by atoms with Crippen LogP contribution in [0.2, 0.25) is 0 Å².